The zero-order valence-electron chi connectivity index (χ0n) is 16.3. The first-order valence-electron chi connectivity index (χ1n) is 10.3. The molecule has 0 aromatic heterocycles. The van der Waals surface area contributed by atoms with Crippen molar-refractivity contribution in [1.29, 1.82) is 0 Å². The Morgan fingerprint density at radius 1 is 1.15 bits per heavy atom. The molecule has 1 saturated carbocycles. The van der Waals surface area contributed by atoms with Crippen LogP contribution in [-0.2, 0) is 14.2 Å². The lowest BCUT2D eigenvalue weighted by atomic mass is 9.90. The third kappa shape index (κ3) is 4.79. The quantitative estimate of drug-likeness (QED) is 0.597. The molecule has 0 radical (unpaired) electrons. The Hall–Kier alpha value is -0.380. The molecule has 27 heavy (non-hydrogen) atoms. The number of hydrogen-bond donors (Lipinski definition) is 3. The Morgan fingerprint density at radius 2 is 1.93 bits per heavy atom. The maximum Gasteiger partial charge on any atom is 0.137 e. The highest BCUT2D eigenvalue weighted by Gasteiger charge is 2.52. The van der Waals surface area contributed by atoms with Gasteiger partial charge in [-0.3, -0.25) is 16.0 Å². The van der Waals surface area contributed by atoms with E-state index in [1.165, 1.54) is 0 Å². The van der Waals surface area contributed by atoms with Crippen molar-refractivity contribution in [3.63, 3.8) is 0 Å². The van der Waals surface area contributed by atoms with Crippen molar-refractivity contribution in [2.24, 2.45) is 0 Å². The summed E-state index contributed by atoms with van der Waals surface area (Å²) < 4.78 is 44.5. The Kier molecular flexibility index (Phi) is 6.02. The molecule has 3 aliphatic heterocycles. The lowest BCUT2D eigenvalue weighted by Gasteiger charge is -2.39. The van der Waals surface area contributed by atoms with Crippen molar-refractivity contribution in [3.8, 4) is 0 Å². The van der Waals surface area contributed by atoms with E-state index in [0.29, 0.717) is 19.4 Å². The van der Waals surface area contributed by atoms with Crippen LogP contribution in [0.25, 0.3) is 0 Å². The number of nitrogens with one attached hydrogen (secondary N) is 3. The van der Waals surface area contributed by atoms with E-state index in [1.54, 1.807) is 7.11 Å². The first-order valence-corrected chi connectivity index (χ1v) is 10.3. The minimum atomic E-state index is -1.05. The van der Waals surface area contributed by atoms with Crippen molar-refractivity contribution in [2.45, 2.75) is 100 Å². The molecule has 0 bridgehead atoms. The zero-order chi connectivity index (χ0) is 19.0. The fraction of sp³-hybridized carbons (Fsp3) is 1.00. The number of ether oxygens (including phenoxy) is 3. The molecule has 4 aliphatic rings. The van der Waals surface area contributed by atoms with Gasteiger partial charge in [0.2, 0.25) is 0 Å². The Morgan fingerprint density at radius 3 is 2.59 bits per heavy atom. The van der Waals surface area contributed by atoms with Gasteiger partial charge in [0.15, 0.2) is 0 Å². The SMILES string of the molecule is COC1CCC(NC2CC(F)CC(F)C2)NC1C1OC1NC1(C)CCOC1. The van der Waals surface area contributed by atoms with Crippen molar-refractivity contribution < 1.29 is 23.0 Å². The van der Waals surface area contributed by atoms with Gasteiger partial charge >= 0.3 is 0 Å². The van der Waals surface area contributed by atoms with Crippen molar-refractivity contribution >= 4 is 0 Å². The second-order valence-electron chi connectivity index (χ2n) is 8.89. The second-order valence-corrected chi connectivity index (χ2v) is 8.89. The Balaban J connectivity index is 1.31. The van der Waals surface area contributed by atoms with Crippen LogP contribution in [0.15, 0.2) is 0 Å². The van der Waals surface area contributed by atoms with Crippen LogP contribution in [0.3, 0.4) is 0 Å². The highest BCUT2D eigenvalue weighted by Crippen LogP contribution is 2.33. The lowest BCUT2D eigenvalue weighted by Crippen LogP contribution is -2.61. The van der Waals surface area contributed by atoms with Gasteiger partial charge in [-0.05, 0) is 39.0 Å². The molecule has 0 aromatic carbocycles. The number of methoxy groups -OCH3 is 1. The number of halogens is 2. The number of hydrogen-bond acceptors (Lipinski definition) is 6. The van der Waals surface area contributed by atoms with Gasteiger partial charge < -0.3 is 14.2 Å². The van der Waals surface area contributed by atoms with Crippen molar-refractivity contribution in [3.05, 3.63) is 0 Å². The number of piperidine rings is 1. The highest BCUT2D eigenvalue weighted by molar-refractivity contribution is 5.04. The zero-order valence-corrected chi connectivity index (χ0v) is 16.3. The highest BCUT2D eigenvalue weighted by atomic mass is 19.1. The average Bonchev–Trinajstić information content (AvgIpc) is 3.23. The van der Waals surface area contributed by atoms with E-state index < -0.39 is 12.3 Å². The standard InChI is InChI=1S/C19H33F2N3O3/c1-19(5-6-26-10-19)24-18-17(27-18)16-14(25-2)3-4-15(23-16)22-13-8-11(20)7-12(21)9-13/h11-18,22-24H,3-10H2,1-2H3. The number of epoxide rings is 1. The maximum atomic E-state index is 13.7. The van der Waals surface area contributed by atoms with E-state index in [1.807, 2.05) is 0 Å². The van der Waals surface area contributed by atoms with Gasteiger partial charge in [0.05, 0.1) is 24.9 Å². The molecule has 0 amide bonds. The molecule has 156 valence electrons. The summed E-state index contributed by atoms with van der Waals surface area (Å²) in [4.78, 5) is 0. The van der Waals surface area contributed by atoms with E-state index in [-0.39, 0.29) is 48.6 Å². The van der Waals surface area contributed by atoms with E-state index in [2.05, 4.69) is 22.9 Å². The normalized spacial score (nSPS) is 50.7. The molecular formula is C19H33F2N3O3. The van der Waals surface area contributed by atoms with Gasteiger partial charge in [0.25, 0.3) is 0 Å². The molecule has 3 N–H and O–H groups in total. The smallest absolute Gasteiger partial charge is 0.137 e. The fourth-order valence-corrected chi connectivity index (χ4v) is 4.88. The number of rotatable bonds is 6. The van der Waals surface area contributed by atoms with Crippen LogP contribution in [0.4, 0.5) is 8.78 Å². The molecule has 8 unspecified atom stereocenters. The van der Waals surface area contributed by atoms with Gasteiger partial charge in [-0.2, -0.15) is 0 Å². The average molecular weight is 389 g/mol. The second kappa shape index (κ2) is 8.16. The summed E-state index contributed by atoms with van der Waals surface area (Å²) in [6, 6.07) is -0.0693. The van der Waals surface area contributed by atoms with Crippen molar-refractivity contribution in [2.75, 3.05) is 20.3 Å². The van der Waals surface area contributed by atoms with Gasteiger partial charge in [-0.1, -0.05) is 0 Å². The van der Waals surface area contributed by atoms with E-state index in [4.69, 9.17) is 14.2 Å². The summed E-state index contributed by atoms with van der Waals surface area (Å²) in [6.45, 7) is 3.64. The van der Waals surface area contributed by atoms with Crippen LogP contribution in [0.2, 0.25) is 0 Å². The van der Waals surface area contributed by atoms with Crippen LogP contribution in [0, 0.1) is 0 Å². The summed E-state index contributed by atoms with van der Waals surface area (Å²) in [5, 5.41) is 10.6. The largest absolute Gasteiger partial charge is 0.380 e. The Bertz CT molecular complexity index is 499. The third-order valence-electron chi connectivity index (χ3n) is 6.45. The molecule has 1 aliphatic carbocycles. The first kappa shape index (κ1) is 19.9. The fourth-order valence-electron chi connectivity index (χ4n) is 4.88. The van der Waals surface area contributed by atoms with Gasteiger partial charge in [-0.25, -0.2) is 8.78 Å². The minimum absolute atomic E-state index is 0.00859. The molecular weight excluding hydrogens is 356 g/mol. The molecule has 0 spiro atoms. The van der Waals surface area contributed by atoms with Crippen LogP contribution in [0.5, 0.6) is 0 Å². The first-order chi connectivity index (χ1) is 13.0. The molecule has 8 heteroatoms. The maximum absolute atomic E-state index is 13.7. The summed E-state index contributed by atoms with van der Waals surface area (Å²) in [7, 11) is 1.73. The topological polar surface area (TPSA) is 67.1 Å². The molecule has 4 fully saturated rings. The molecule has 0 aromatic rings. The van der Waals surface area contributed by atoms with Gasteiger partial charge in [0.1, 0.15) is 24.7 Å². The van der Waals surface area contributed by atoms with E-state index in [0.717, 1.165) is 25.9 Å². The molecule has 4 rings (SSSR count). The molecule has 3 saturated heterocycles. The van der Waals surface area contributed by atoms with Crippen LogP contribution in [-0.4, -0.2) is 74.9 Å². The predicted molar refractivity (Wildman–Crippen MR) is 96.9 cm³/mol. The van der Waals surface area contributed by atoms with Gasteiger partial charge in [0, 0.05) is 31.7 Å². The molecule has 8 atom stereocenters. The van der Waals surface area contributed by atoms with Crippen LogP contribution >= 0.6 is 0 Å². The van der Waals surface area contributed by atoms with E-state index >= 15 is 0 Å². The van der Waals surface area contributed by atoms with Gasteiger partial charge in [-0.15, -0.1) is 0 Å². The van der Waals surface area contributed by atoms with E-state index in [9.17, 15) is 8.78 Å². The Labute approximate surface area is 160 Å². The predicted octanol–water partition coefficient (Wildman–Crippen LogP) is 1.39. The third-order valence-corrected chi connectivity index (χ3v) is 6.45. The lowest BCUT2D eigenvalue weighted by molar-refractivity contribution is 0.0152. The van der Waals surface area contributed by atoms with Crippen molar-refractivity contribution in [1.82, 2.24) is 16.0 Å². The summed E-state index contributed by atoms with van der Waals surface area (Å²) in [5.74, 6) is 0. The summed E-state index contributed by atoms with van der Waals surface area (Å²) >= 11 is 0. The summed E-state index contributed by atoms with van der Waals surface area (Å²) in [5.41, 5.74) is -0.0390. The number of alkyl halides is 2. The van der Waals surface area contributed by atoms with Crippen LogP contribution < -0.4 is 16.0 Å². The minimum Gasteiger partial charge on any atom is -0.380 e. The summed E-state index contributed by atoms with van der Waals surface area (Å²) in [6.07, 6.45) is 1.58. The monoisotopic (exact) mass is 389 g/mol. The molecule has 3 heterocycles. The van der Waals surface area contributed by atoms with Crippen LogP contribution in [0.1, 0.15) is 45.4 Å². The molecule has 6 nitrogen and oxygen atoms in total.